The molecule has 1 fully saturated rings. The maximum absolute atomic E-state index is 12.4. The van der Waals surface area contributed by atoms with Crippen molar-refractivity contribution in [2.75, 3.05) is 27.3 Å². The number of hydrogen-bond acceptors (Lipinski definition) is 4. The Balaban J connectivity index is 2.17. The Morgan fingerprint density at radius 2 is 1.74 bits per heavy atom. The summed E-state index contributed by atoms with van der Waals surface area (Å²) in [6.45, 7) is 1.08. The highest BCUT2D eigenvalue weighted by Crippen LogP contribution is 2.29. The standard InChI is InChI=1S/C13H17NO4S/c1-17-12-4-3-11(9-13(12)18-2)19(16)14-7-5-10(15)6-8-14/h3-4,9H,5-8H2,1-2H3. The highest BCUT2D eigenvalue weighted by atomic mass is 32.2. The summed E-state index contributed by atoms with van der Waals surface area (Å²) in [6.07, 6.45) is 0.943. The third-order valence-corrected chi connectivity index (χ3v) is 4.56. The molecule has 5 nitrogen and oxygen atoms in total. The van der Waals surface area contributed by atoms with E-state index in [1.165, 1.54) is 0 Å². The molecule has 0 bridgehead atoms. The maximum Gasteiger partial charge on any atom is 0.161 e. The fourth-order valence-electron chi connectivity index (χ4n) is 1.98. The summed E-state index contributed by atoms with van der Waals surface area (Å²) < 4.78 is 24.6. The van der Waals surface area contributed by atoms with Crippen molar-refractivity contribution in [3.63, 3.8) is 0 Å². The number of methoxy groups -OCH3 is 2. The van der Waals surface area contributed by atoms with E-state index in [-0.39, 0.29) is 5.78 Å². The lowest BCUT2D eigenvalue weighted by molar-refractivity contribution is -0.120. The number of ether oxygens (including phenoxy) is 2. The van der Waals surface area contributed by atoms with Crippen molar-refractivity contribution in [3.05, 3.63) is 18.2 Å². The van der Waals surface area contributed by atoms with Crippen LogP contribution in [0, 0.1) is 0 Å². The van der Waals surface area contributed by atoms with Crippen molar-refractivity contribution in [1.82, 2.24) is 4.31 Å². The summed E-state index contributed by atoms with van der Waals surface area (Å²) in [7, 11) is 1.84. The minimum atomic E-state index is -1.26. The van der Waals surface area contributed by atoms with E-state index in [9.17, 15) is 9.00 Å². The normalized spacial score (nSPS) is 18.1. The number of piperidine rings is 1. The second-order valence-corrected chi connectivity index (χ2v) is 5.72. The summed E-state index contributed by atoms with van der Waals surface area (Å²) in [5, 5.41) is 0. The lowest BCUT2D eigenvalue weighted by atomic mass is 10.1. The van der Waals surface area contributed by atoms with E-state index in [2.05, 4.69) is 0 Å². The molecule has 1 aromatic rings. The van der Waals surface area contributed by atoms with Gasteiger partial charge in [0.05, 0.1) is 19.1 Å². The lowest BCUT2D eigenvalue weighted by Gasteiger charge is -2.24. The van der Waals surface area contributed by atoms with Gasteiger partial charge in [0.15, 0.2) is 11.5 Å². The van der Waals surface area contributed by atoms with Crippen LogP contribution in [-0.4, -0.2) is 41.6 Å². The van der Waals surface area contributed by atoms with Gasteiger partial charge in [-0.25, -0.2) is 8.51 Å². The fraction of sp³-hybridized carbons (Fsp3) is 0.462. The van der Waals surface area contributed by atoms with Crippen LogP contribution in [0.25, 0.3) is 0 Å². The largest absolute Gasteiger partial charge is 0.493 e. The van der Waals surface area contributed by atoms with Gasteiger partial charge in [0, 0.05) is 32.0 Å². The molecular weight excluding hydrogens is 266 g/mol. The molecule has 0 aromatic heterocycles. The zero-order chi connectivity index (χ0) is 13.8. The average molecular weight is 283 g/mol. The van der Waals surface area contributed by atoms with Gasteiger partial charge in [-0.15, -0.1) is 0 Å². The van der Waals surface area contributed by atoms with Crippen molar-refractivity contribution >= 4 is 16.8 Å². The molecule has 1 heterocycles. The molecule has 2 rings (SSSR count). The van der Waals surface area contributed by atoms with Gasteiger partial charge in [0.1, 0.15) is 16.8 Å². The topological polar surface area (TPSA) is 55.8 Å². The average Bonchev–Trinajstić information content (AvgIpc) is 2.46. The first kappa shape index (κ1) is 14.0. The summed E-state index contributed by atoms with van der Waals surface area (Å²) in [6, 6.07) is 5.21. The zero-order valence-electron chi connectivity index (χ0n) is 11.0. The SMILES string of the molecule is COc1ccc(S(=O)N2CCC(=O)CC2)cc1OC. The van der Waals surface area contributed by atoms with E-state index in [1.54, 1.807) is 32.4 Å². The van der Waals surface area contributed by atoms with Gasteiger partial charge >= 0.3 is 0 Å². The molecule has 19 heavy (non-hydrogen) atoms. The number of carbonyl (C=O) groups is 1. The second-order valence-electron chi connectivity index (χ2n) is 4.23. The Bertz CT molecular complexity index is 493. The van der Waals surface area contributed by atoms with E-state index in [0.29, 0.717) is 42.3 Å². The molecular formula is C13H17NO4S. The number of hydrogen-bond donors (Lipinski definition) is 0. The third-order valence-electron chi connectivity index (χ3n) is 3.07. The quantitative estimate of drug-likeness (QED) is 0.838. The second kappa shape index (κ2) is 6.16. The Labute approximate surface area is 115 Å². The van der Waals surface area contributed by atoms with Crippen LogP contribution >= 0.6 is 0 Å². The van der Waals surface area contributed by atoms with Gasteiger partial charge in [-0.2, -0.15) is 0 Å². The van der Waals surface area contributed by atoms with Crippen LogP contribution in [0.3, 0.4) is 0 Å². The highest BCUT2D eigenvalue weighted by Gasteiger charge is 2.22. The van der Waals surface area contributed by atoms with E-state index in [4.69, 9.17) is 9.47 Å². The Morgan fingerprint density at radius 1 is 1.11 bits per heavy atom. The first-order chi connectivity index (χ1) is 9.15. The smallest absolute Gasteiger partial charge is 0.161 e. The van der Waals surface area contributed by atoms with Crippen molar-refractivity contribution in [3.8, 4) is 11.5 Å². The van der Waals surface area contributed by atoms with E-state index < -0.39 is 11.0 Å². The number of nitrogens with zero attached hydrogens (tertiary/aromatic N) is 1. The van der Waals surface area contributed by atoms with Gasteiger partial charge in [-0.05, 0) is 12.1 Å². The Kier molecular flexibility index (Phi) is 4.55. The first-order valence-corrected chi connectivity index (χ1v) is 7.17. The number of benzene rings is 1. The minimum Gasteiger partial charge on any atom is -0.493 e. The van der Waals surface area contributed by atoms with Crippen molar-refractivity contribution in [2.45, 2.75) is 17.7 Å². The summed E-state index contributed by atoms with van der Waals surface area (Å²) in [5.41, 5.74) is 0. The monoisotopic (exact) mass is 283 g/mol. The highest BCUT2D eigenvalue weighted by molar-refractivity contribution is 7.82. The number of Topliss-reactive ketones (excluding diaryl/α,β-unsaturated/α-hetero) is 1. The molecule has 0 aliphatic carbocycles. The van der Waals surface area contributed by atoms with E-state index in [0.717, 1.165) is 0 Å². The molecule has 1 unspecified atom stereocenters. The molecule has 1 aliphatic rings. The van der Waals surface area contributed by atoms with Gasteiger partial charge < -0.3 is 9.47 Å². The first-order valence-electron chi connectivity index (χ1n) is 6.06. The van der Waals surface area contributed by atoms with Crippen LogP contribution in [0.4, 0.5) is 0 Å². The van der Waals surface area contributed by atoms with Gasteiger partial charge in [0.2, 0.25) is 0 Å². The minimum absolute atomic E-state index is 0.237. The van der Waals surface area contributed by atoms with Crippen LogP contribution < -0.4 is 9.47 Å². The van der Waals surface area contributed by atoms with Crippen molar-refractivity contribution in [2.24, 2.45) is 0 Å². The van der Waals surface area contributed by atoms with Gasteiger partial charge in [0.25, 0.3) is 0 Å². The predicted molar refractivity (Wildman–Crippen MR) is 71.8 cm³/mol. The predicted octanol–water partition coefficient (Wildman–Crippen LogP) is 1.39. The molecule has 1 aliphatic heterocycles. The van der Waals surface area contributed by atoms with Crippen molar-refractivity contribution in [1.29, 1.82) is 0 Å². The van der Waals surface area contributed by atoms with Gasteiger partial charge in [-0.3, -0.25) is 4.79 Å². The van der Waals surface area contributed by atoms with Crippen LogP contribution in [0.15, 0.2) is 23.1 Å². The van der Waals surface area contributed by atoms with Crippen LogP contribution in [0.2, 0.25) is 0 Å². The molecule has 1 aromatic carbocycles. The van der Waals surface area contributed by atoms with Crippen LogP contribution in [0.1, 0.15) is 12.8 Å². The zero-order valence-corrected chi connectivity index (χ0v) is 11.9. The number of carbonyl (C=O) groups excluding carboxylic acids is 1. The molecule has 0 N–H and O–H groups in total. The van der Waals surface area contributed by atoms with Gasteiger partial charge in [-0.1, -0.05) is 0 Å². The molecule has 0 saturated carbocycles. The van der Waals surface area contributed by atoms with Crippen LogP contribution in [-0.2, 0) is 15.8 Å². The maximum atomic E-state index is 12.4. The molecule has 1 saturated heterocycles. The lowest BCUT2D eigenvalue weighted by Crippen LogP contribution is -2.35. The van der Waals surface area contributed by atoms with E-state index in [1.807, 2.05) is 4.31 Å². The summed E-state index contributed by atoms with van der Waals surface area (Å²) in [5.74, 6) is 1.40. The molecule has 104 valence electrons. The fourth-order valence-corrected chi connectivity index (χ4v) is 3.18. The van der Waals surface area contributed by atoms with E-state index >= 15 is 0 Å². The molecule has 0 amide bonds. The Hall–Kier alpha value is -1.40. The molecule has 1 atom stereocenters. The third kappa shape index (κ3) is 3.13. The summed E-state index contributed by atoms with van der Waals surface area (Å²) in [4.78, 5) is 11.8. The number of rotatable bonds is 4. The Morgan fingerprint density at radius 3 is 2.32 bits per heavy atom. The molecule has 0 spiro atoms. The number of ketones is 1. The molecule has 6 heteroatoms. The van der Waals surface area contributed by atoms with Crippen LogP contribution in [0.5, 0.6) is 11.5 Å². The summed E-state index contributed by atoms with van der Waals surface area (Å²) >= 11 is 0. The van der Waals surface area contributed by atoms with Crippen molar-refractivity contribution < 1.29 is 18.5 Å². The molecule has 0 radical (unpaired) electrons.